The van der Waals surface area contributed by atoms with E-state index in [1.54, 1.807) is 21.3 Å². The van der Waals surface area contributed by atoms with Crippen LogP contribution in [0.3, 0.4) is 0 Å². The smallest absolute Gasteiger partial charge is 0.122 e. The van der Waals surface area contributed by atoms with Gasteiger partial charge in [-0.2, -0.15) is 0 Å². The number of hydrogen-bond donors (Lipinski definition) is 1. The summed E-state index contributed by atoms with van der Waals surface area (Å²) < 4.78 is 15.8. The van der Waals surface area contributed by atoms with Gasteiger partial charge in [-0.3, -0.25) is 0 Å². The van der Waals surface area contributed by atoms with Crippen molar-refractivity contribution in [3.8, 4) is 11.5 Å². The first-order valence-corrected chi connectivity index (χ1v) is 7.13. The van der Waals surface area contributed by atoms with E-state index in [1.807, 2.05) is 18.2 Å². The summed E-state index contributed by atoms with van der Waals surface area (Å²) in [5.74, 6) is 1.67. The molecule has 1 N–H and O–H groups in total. The molecule has 1 fully saturated rings. The van der Waals surface area contributed by atoms with E-state index in [-0.39, 0.29) is 0 Å². The third kappa shape index (κ3) is 4.12. The fraction of sp³-hybridized carbons (Fsp3) is 0.625. The minimum Gasteiger partial charge on any atom is -0.497 e. The van der Waals surface area contributed by atoms with Crippen LogP contribution in [0.4, 0.5) is 0 Å². The Kier molecular flexibility index (Phi) is 5.26. The third-order valence-electron chi connectivity index (χ3n) is 4.03. The number of methoxy groups -OCH3 is 3. The van der Waals surface area contributed by atoms with Gasteiger partial charge in [0.15, 0.2) is 0 Å². The van der Waals surface area contributed by atoms with E-state index in [4.69, 9.17) is 14.2 Å². The second kappa shape index (κ2) is 6.95. The zero-order chi connectivity index (χ0) is 14.4. The predicted octanol–water partition coefficient (Wildman–Crippen LogP) is 2.61. The number of hydrogen-bond acceptors (Lipinski definition) is 4. The lowest BCUT2D eigenvalue weighted by Gasteiger charge is -2.16. The SMILES string of the molecule is COCCC1(CNCc2cc(OC)cc(OC)c2)CC1. The molecule has 0 atom stereocenters. The zero-order valence-corrected chi connectivity index (χ0v) is 12.7. The molecule has 0 radical (unpaired) electrons. The van der Waals surface area contributed by atoms with Gasteiger partial charge in [0.1, 0.15) is 11.5 Å². The first-order chi connectivity index (χ1) is 9.71. The summed E-state index contributed by atoms with van der Waals surface area (Å²) in [5, 5.41) is 3.55. The fourth-order valence-electron chi connectivity index (χ4n) is 2.45. The first-order valence-electron chi connectivity index (χ1n) is 7.13. The van der Waals surface area contributed by atoms with Gasteiger partial charge in [-0.1, -0.05) is 0 Å². The Balaban J connectivity index is 1.84. The largest absolute Gasteiger partial charge is 0.497 e. The molecule has 20 heavy (non-hydrogen) atoms. The lowest BCUT2D eigenvalue weighted by Crippen LogP contribution is -2.24. The standard InChI is InChI=1S/C16H25NO3/c1-18-7-6-16(4-5-16)12-17-11-13-8-14(19-2)10-15(9-13)20-3/h8-10,17H,4-7,11-12H2,1-3H3. The highest BCUT2D eigenvalue weighted by Crippen LogP contribution is 2.48. The Hall–Kier alpha value is -1.26. The van der Waals surface area contributed by atoms with Gasteiger partial charge in [-0.15, -0.1) is 0 Å². The van der Waals surface area contributed by atoms with Crippen LogP contribution in [0.15, 0.2) is 18.2 Å². The highest BCUT2D eigenvalue weighted by atomic mass is 16.5. The van der Waals surface area contributed by atoms with Crippen molar-refractivity contribution in [1.29, 1.82) is 0 Å². The van der Waals surface area contributed by atoms with Gasteiger partial charge in [0.05, 0.1) is 14.2 Å². The quantitative estimate of drug-likeness (QED) is 0.754. The molecule has 1 saturated carbocycles. The molecule has 1 aliphatic rings. The van der Waals surface area contributed by atoms with Crippen LogP contribution in [0.2, 0.25) is 0 Å². The van der Waals surface area contributed by atoms with Crippen LogP contribution >= 0.6 is 0 Å². The summed E-state index contributed by atoms with van der Waals surface area (Å²) in [7, 11) is 5.12. The Morgan fingerprint density at radius 1 is 1.05 bits per heavy atom. The predicted molar refractivity (Wildman–Crippen MR) is 79.4 cm³/mol. The molecule has 0 bridgehead atoms. The molecular formula is C16H25NO3. The molecule has 112 valence electrons. The molecule has 0 aliphatic heterocycles. The molecule has 0 heterocycles. The van der Waals surface area contributed by atoms with Crippen LogP contribution in [0.25, 0.3) is 0 Å². The summed E-state index contributed by atoms with van der Waals surface area (Å²) >= 11 is 0. The molecule has 0 saturated heterocycles. The third-order valence-corrected chi connectivity index (χ3v) is 4.03. The maximum absolute atomic E-state index is 5.29. The van der Waals surface area contributed by atoms with Gasteiger partial charge in [0.25, 0.3) is 0 Å². The molecule has 4 heteroatoms. The highest BCUT2D eigenvalue weighted by Gasteiger charge is 2.41. The van der Waals surface area contributed by atoms with Gasteiger partial charge in [-0.25, -0.2) is 0 Å². The second-order valence-corrected chi connectivity index (χ2v) is 5.57. The molecule has 1 aromatic carbocycles. The number of benzene rings is 1. The number of rotatable bonds is 9. The maximum atomic E-state index is 5.29. The van der Waals surface area contributed by atoms with E-state index in [0.717, 1.165) is 37.6 Å². The Labute approximate surface area is 121 Å². The topological polar surface area (TPSA) is 39.7 Å². The second-order valence-electron chi connectivity index (χ2n) is 5.57. The molecule has 0 amide bonds. The van der Waals surface area contributed by atoms with Crippen LogP contribution in [0.5, 0.6) is 11.5 Å². The molecule has 2 rings (SSSR count). The minimum absolute atomic E-state index is 0.471. The summed E-state index contributed by atoms with van der Waals surface area (Å²) in [5.41, 5.74) is 1.66. The van der Waals surface area contributed by atoms with Crippen LogP contribution in [-0.2, 0) is 11.3 Å². The average Bonchev–Trinajstić information content (AvgIpc) is 3.25. The van der Waals surface area contributed by atoms with Gasteiger partial charge in [0.2, 0.25) is 0 Å². The van der Waals surface area contributed by atoms with Gasteiger partial charge >= 0.3 is 0 Å². The lowest BCUT2D eigenvalue weighted by molar-refractivity contribution is 0.171. The van der Waals surface area contributed by atoms with Crippen LogP contribution in [-0.4, -0.2) is 34.5 Å². The highest BCUT2D eigenvalue weighted by molar-refractivity contribution is 5.38. The van der Waals surface area contributed by atoms with Crippen molar-refractivity contribution in [1.82, 2.24) is 5.32 Å². The lowest BCUT2D eigenvalue weighted by atomic mass is 10.0. The Morgan fingerprint density at radius 3 is 2.20 bits per heavy atom. The van der Waals surface area contributed by atoms with Crippen LogP contribution in [0, 0.1) is 5.41 Å². The van der Waals surface area contributed by atoms with Gasteiger partial charge in [0, 0.05) is 32.9 Å². The molecule has 4 nitrogen and oxygen atoms in total. The molecular weight excluding hydrogens is 254 g/mol. The number of ether oxygens (including phenoxy) is 3. The molecule has 0 unspecified atom stereocenters. The summed E-state index contributed by atoms with van der Waals surface area (Å²) in [6.45, 7) is 2.74. The molecule has 1 aliphatic carbocycles. The first kappa shape index (κ1) is 15.1. The monoisotopic (exact) mass is 279 g/mol. The van der Waals surface area contributed by atoms with Crippen LogP contribution in [0.1, 0.15) is 24.8 Å². The zero-order valence-electron chi connectivity index (χ0n) is 12.7. The van der Waals surface area contributed by atoms with Crippen LogP contribution < -0.4 is 14.8 Å². The Bertz CT molecular complexity index is 407. The summed E-state index contributed by atoms with van der Waals surface area (Å²) in [4.78, 5) is 0. The van der Waals surface area contributed by atoms with E-state index < -0.39 is 0 Å². The van der Waals surface area contributed by atoms with Crippen molar-refractivity contribution in [2.75, 3.05) is 34.5 Å². The van der Waals surface area contributed by atoms with Gasteiger partial charge < -0.3 is 19.5 Å². The minimum atomic E-state index is 0.471. The number of nitrogens with one attached hydrogen (secondary N) is 1. The van der Waals surface area contributed by atoms with E-state index in [9.17, 15) is 0 Å². The van der Waals surface area contributed by atoms with Crippen molar-refractivity contribution < 1.29 is 14.2 Å². The maximum Gasteiger partial charge on any atom is 0.122 e. The van der Waals surface area contributed by atoms with E-state index in [0.29, 0.717) is 5.41 Å². The molecule has 0 spiro atoms. The van der Waals surface area contributed by atoms with E-state index >= 15 is 0 Å². The van der Waals surface area contributed by atoms with Crippen molar-refractivity contribution in [2.24, 2.45) is 5.41 Å². The average molecular weight is 279 g/mol. The van der Waals surface area contributed by atoms with Crippen molar-refractivity contribution in [2.45, 2.75) is 25.8 Å². The molecule has 0 aromatic heterocycles. The van der Waals surface area contributed by atoms with Crippen molar-refractivity contribution >= 4 is 0 Å². The van der Waals surface area contributed by atoms with E-state index in [1.165, 1.54) is 18.4 Å². The van der Waals surface area contributed by atoms with Gasteiger partial charge in [-0.05, 0) is 42.4 Å². The van der Waals surface area contributed by atoms with E-state index in [2.05, 4.69) is 5.32 Å². The normalized spacial score (nSPS) is 15.9. The van der Waals surface area contributed by atoms with Crippen molar-refractivity contribution in [3.05, 3.63) is 23.8 Å². The summed E-state index contributed by atoms with van der Waals surface area (Å²) in [6, 6.07) is 5.99. The molecule has 1 aromatic rings. The Morgan fingerprint density at radius 2 is 1.70 bits per heavy atom. The van der Waals surface area contributed by atoms with Crippen molar-refractivity contribution in [3.63, 3.8) is 0 Å². The fourth-order valence-corrected chi connectivity index (χ4v) is 2.45. The summed E-state index contributed by atoms with van der Waals surface area (Å²) in [6.07, 6.45) is 3.77.